The second-order valence-corrected chi connectivity index (χ2v) is 5.08. The highest BCUT2D eigenvalue weighted by molar-refractivity contribution is 5.90. The fraction of sp³-hybridized carbons (Fsp3) is 0.500. The van der Waals surface area contributed by atoms with Gasteiger partial charge in [0.05, 0.1) is 12.2 Å². The number of hydrogen-bond acceptors (Lipinski definition) is 3. The zero-order valence-electron chi connectivity index (χ0n) is 10.8. The number of hydrogen-bond donors (Lipinski definition) is 0. The summed E-state index contributed by atoms with van der Waals surface area (Å²) in [5.74, 6) is 0.188. The number of rotatable bonds is 2. The lowest BCUT2D eigenvalue weighted by molar-refractivity contribution is -0.139. The van der Waals surface area contributed by atoms with Crippen molar-refractivity contribution in [3.8, 4) is 0 Å². The molecule has 2 aliphatic heterocycles. The normalized spacial score (nSPS) is 23.5. The molecule has 0 aromatic carbocycles. The number of nitrogens with zero attached hydrogens (tertiary/aromatic N) is 3. The molecular weight excluding hydrogens is 242 g/mol. The molecule has 2 fully saturated rings. The van der Waals surface area contributed by atoms with Crippen molar-refractivity contribution in [2.24, 2.45) is 0 Å². The van der Waals surface area contributed by atoms with E-state index in [0.717, 1.165) is 25.1 Å². The number of aromatic nitrogens is 1. The monoisotopic (exact) mass is 259 g/mol. The Morgan fingerprint density at radius 1 is 1.26 bits per heavy atom. The summed E-state index contributed by atoms with van der Waals surface area (Å²) in [7, 11) is 0. The Balaban J connectivity index is 1.78. The van der Waals surface area contributed by atoms with Crippen molar-refractivity contribution in [1.29, 1.82) is 0 Å². The molecule has 1 unspecified atom stereocenters. The van der Waals surface area contributed by atoms with Crippen LogP contribution in [-0.2, 0) is 16.1 Å². The van der Waals surface area contributed by atoms with Gasteiger partial charge < -0.3 is 9.80 Å². The number of pyridine rings is 1. The van der Waals surface area contributed by atoms with Crippen LogP contribution in [-0.4, -0.2) is 45.7 Å². The first kappa shape index (κ1) is 12.1. The van der Waals surface area contributed by atoms with Crippen molar-refractivity contribution < 1.29 is 9.59 Å². The summed E-state index contributed by atoms with van der Waals surface area (Å²) in [6.45, 7) is 1.73. The second kappa shape index (κ2) is 4.99. The minimum absolute atomic E-state index is 0.0778. The first-order valence-electron chi connectivity index (χ1n) is 6.74. The molecule has 1 aromatic heterocycles. The smallest absolute Gasteiger partial charge is 0.245 e. The molecule has 100 valence electrons. The maximum atomic E-state index is 12.5. The van der Waals surface area contributed by atoms with Crippen molar-refractivity contribution in [3.63, 3.8) is 0 Å². The molecule has 1 atom stereocenters. The average Bonchev–Trinajstić information content (AvgIpc) is 2.89. The number of amides is 2. The molecule has 1 aromatic rings. The van der Waals surface area contributed by atoms with Crippen LogP contribution >= 0.6 is 0 Å². The van der Waals surface area contributed by atoms with Crippen molar-refractivity contribution >= 4 is 11.8 Å². The third-order valence-corrected chi connectivity index (χ3v) is 3.84. The van der Waals surface area contributed by atoms with Gasteiger partial charge in [0.2, 0.25) is 11.8 Å². The molecule has 2 amide bonds. The van der Waals surface area contributed by atoms with E-state index in [4.69, 9.17) is 0 Å². The third-order valence-electron chi connectivity index (χ3n) is 3.84. The molecule has 2 aliphatic rings. The number of carbonyl (C=O) groups is 2. The molecule has 3 rings (SSSR count). The molecule has 0 aliphatic carbocycles. The van der Waals surface area contributed by atoms with E-state index in [9.17, 15) is 9.59 Å². The summed E-state index contributed by atoms with van der Waals surface area (Å²) in [5, 5.41) is 0. The van der Waals surface area contributed by atoms with Crippen molar-refractivity contribution in [1.82, 2.24) is 14.8 Å². The van der Waals surface area contributed by atoms with Crippen molar-refractivity contribution in [3.05, 3.63) is 30.1 Å². The fourth-order valence-corrected chi connectivity index (χ4v) is 2.86. The van der Waals surface area contributed by atoms with E-state index in [1.165, 1.54) is 0 Å². The topological polar surface area (TPSA) is 53.5 Å². The Morgan fingerprint density at radius 3 is 2.95 bits per heavy atom. The molecule has 5 heteroatoms. The molecule has 0 bridgehead atoms. The Labute approximate surface area is 112 Å². The molecule has 2 saturated heterocycles. The lowest BCUT2D eigenvalue weighted by atomic mass is 10.2. The van der Waals surface area contributed by atoms with Gasteiger partial charge in [-0.1, -0.05) is 6.07 Å². The quantitative estimate of drug-likeness (QED) is 0.789. The molecule has 0 spiro atoms. The highest BCUT2D eigenvalue weighted by Gasteiger charge is 2.39. The molecule has 0 N–H and O–H groups in total. The van der Waals surface area contributed by atoms with E-state index in [-0.39, 0.29) is 17.9 Å². The molecule has 0 radical (unpaired) electrons. The Hall–Kier alpha value is -1.91. The zero-order valence-corrected chi connectivity index (χ0v) is 10.8. The lowest BCUT2D eigenvalue weighted by Gasteiger charge is -2.24. The number of fused-ring (bicyclic) bond motifs is 1. The van der Waals surface area contributed by atoms with E-state index in [1.807, 2.05) is 18.2 Å². The van der Waals surface area contributed by atoms with Crippen LogP contribution in [0.2, 0.25) is 0 Å². The summed E-state index contributed by atoms with van der Waals surface area (Å²) in [5.41, 5.74) is 0.870. The van der Waals surface area contributed by atoms with Gasteiger partial charge in [0.25, 0.3) is 0 Å². The van der Waals surface area contributed by atoms with Crippen molar-refractivity contribution in [2.75, 3.05) is 13.1 Å². The van der Waals surface area contributed by atoms with Gasteiger partial charge in [-0.05, 0) is 25.0 Å². The Kier molecular flexibility index (Phi) is 3.19. The van der Waals surface area contributed by atoms with E-state index in [2.05, 4.69) is 4.98 Å². The first-order valence-corrected chi connectivity index (χ1v) is 6.74. The van der Waals surface area contributed by atoms with Crippen LogP contribution < -0.4 is 0 Å². The second-order valence-electron chi connectivity index (χ2n) is 5.08. The van der Waals surface area contributed by atoms with Gasteiger partial charge in [0.1, 0.15) is 6.04 Å². The summed E-state index contributed by atoms with van der Waals surface area (Å²) in [6, 6.07) is 5.44. The van der Waals surface area contributed by atoms with E-state index >= 15 is 0 Å². The first-order chi connectivity index (χ1) is 9.25. The van der Waals surface area contributed by atoms with Crippen molar-refractivity contribution in [2.45, 2.75) is 31.8 Å². The van der Waals surface area contributed by atoms with Crippen LogP contribution in [0.4, 0.5) is 0 Å². The fourth-order valence-electron chi connectivity index (χ4n) is 2.86. The maximum Gasteiger partial charge on any atom is 0.245 e. The summed E-state index contributed by atoms with van der Waals surface area (Å²) >= 11 is 0. The van der Waals surface area contributed by atoms with Gasteiger partial charge in [0.15, 0.2) is 0 Å². The molecule has 0 saturated carbocycles. The maximum absolute atomic E-state index is 12.5. The zero-order chi connectivity index (χ0) is 13.2. The van der Waals surface area contributed by atoms with Crippen LogP contribution in [0.3, 0.4) is 0 Å². The summed E-state index contributed by atoms with van der Waals surface area (Å²) in [4.78, 5) is 32.2. The molecular formula is C14H17N3O2. The minimum Gasteiger partial charge on any atom is -0.334 e. The van der Waals surface area contributed by atoms with Gasteiger partial charge in [-0.25, -0.2) is 0 Å². The highest BCUT2D eigenvalue weighted by Crippen LogP contribution is 2.24. The Morgan fingerprint density at radius 2 is 2.16 bits per heavy atom. The van der Waals surface area contributed by atoms with E-state index in [1.54, 1.807) is 16.0 Å². The molecule has 19 heavy (non-hydrogen) atoms. The lowest BCUT2D eigenvalue weighted by Crippen LogP contribution is -2.43. The van der Waals surface area contributed by atoms with E-state index in [0.29, 0.717) is 19.5 Å². The number of carbonyl (C=O) groups excluding carboxylic acids is 2. The highest BCUT2D eigenvalue weighted by atomic mass is 16.2. The predicted molar refractivity (Wildman–Crippen MR) is 69.0 cm³/mol. The SMILES string of the molecule is O=C1C2CCCN2C(=O)CCN1Cc1ccccn1. The van der Waals surface area contributed by atoms with Gasteiger partial charge in [-0.2, -0.15) is 0 Å². The standard InChI is InChI=1S/C14H17N3O2/c18-13-6-9-16(10-11-4-1-2-7-15-11)14(19)12-5-3-8-17(12)13/h1-2,4,7,12H,3,5-6,8-10H2. The van der Waals surface area contributed by atoms with Crippen LogP contribution in [0.25, 0.3) is 0 Å². The van der Waals surface area contributed by atoms with Crippen LogP contribution in [0.5, 0.6) is 0 Å². The summed E-state index contributed by atoms with van der Waals surface area (Å²) < 4.78 is 0. The van der Waals surface area contributed by atoms with E-state index < -0.39 is 0 Å². The van der Waals surface area contributed by atoms with Crippen LogP contribution in [0.1, 0.15) is 25.0 Å². The van der Waals surface area contributed by atoms with Crippen LogP contribution in [0.15, 0.2) is 24.4 Å². The van der Waals surface area contributed by atoms with Crippen LogP contribution in [0, 0.1) is 0 Å². The largest absolute Gasteiger partial charge is 0.334 e. The summed E-state index contributed by atoms with van der Waals surface area (Å²) in [6.07, 6.45) is 3.88. The van der Waals surface area contributed by atoms with Gasteiger partial charge in [0, 0.05) is 25.7 Å². The predicted octanol–water partition coefficient (Wildman–Crippen LogP) is 0.805. The minimum atomic E-state index is -0.237. The van der Waals surface area contributed by atoms with Gasteiger partial charge in [-0.15, -0.1) is 0 Å². The Bertz CT molecular complexity index is 489. The third kappa shape index (κ3) is 2.32. The average molecular weight is 259 g/mol. The molecule has 5 nitrogen and oxygen atoms in total. The van der Waals surface area contributed by atoms with Gasteiger partial charge >= 0.3 is 0 Å². The van der Waals surface area contributed by atoms with Gasteiger partial charge in [-0.3, -0.25) is 14.6 Å². The molecule has 3 heterocycles.